The van der Waals surface area contributed by atoms with Gasteiger partial charge < -0.3 is 4.65 Å². The van der Waals surface area contributed by atoms with Gasteiger partial charge in [0.05, 0.1) is 6.10 Å². The maximum Gasteiger partial charge on any atom is 0.464 e. The highest BCUT2D eigenvalue weighted by Crippen LogP contribution is 2.27. The number of nitrogens with one attached hydrogen (secondary N) is 1. The zero-order valence-corrected chi connectivity index (χ0v) is 14.6. The Labute approximate surface area is 135 Å². The Hall–Kier alpha value is 0.285. The van der Waals surface area contributed by atoms with E-state index < -0.39 is 0 Å². The van der Waals surface area contributed by atoms with E-state index in [1.807, 2.05) is 31.0 Å². The van der Waals surface area contributed by atoms with Crippen LogP contribution in [-0.2, 0) is 4.65 Å². The van der Waals surface area contributed by atoms with Gasteiger partial charge >= 0.3 is 4.91 Å². The van der Waals surface area contributed by atoms with E-state index >= 15 is 0 Å². The first kappa shape index (κ1) is 17.3. The first-order chi connectivity index (χ1) is 9.17. The average molecular weight is 391 g/mol. The third-order valence-electron chi connectivity index (χ3n) is 3.22. The largest absolute Gasteiger partial charge is 0.464 e. The highest BCUT2D eigenvalue weighted by atomic mass is 127. The molecule has 1 unspecified atom stereocenters. The molecule has 1 N–H and O–H groups in total. The van der Waals surface area contributed by atoms with E-state index in [1.165, 1.54) is 32.1 Å². The Kier molecular flexibility index (Phi) is 9.19. The molecule has 1 saturated carbocycles. The molecule has 0 bridgehead atoms. The summed E-state index contributed by atoms with van der Waals surface area (Å²) in [6, 6.07) is 0. The molecule has 5 heteroatoms. The first-order valence-corrected chi connectivity index (χ1v) is 8.95. The monoisotopic (exact) mass is 391 g/mol. The van der Waals surface area contributed by atoms with Crippen LogP contribution in [0, 0.1) is 0 Å². The predicted octanol–water partition coefficient (Wildman–Crippen LogP) is 4.68. The maximum atomic E-state index is 5.91. The number of hydrogen-bond donors (Lipinski definition) is 1. The quantitative estimate of drug-likeness (QED) is 0.281. The van der Waals surface area contributed by atoms with Gasteiger partial charge in [0.2, 0.25) is 0 Å². The summed E-state index contributed by atoms with van der Waals surface area (Å²) >= 11 is 4.12. The molecule has 1 rings (SSSR count). The van der Waals surface area contributed by atoms with E-state index in [9.17, 15) is 0 Å². The van der Waals surface area contributed by atoms with Gasteiger partial charge in [-0.05, 0) is 25.3 Å². The second-order valence-corrected chi connectivity index (χ2v) is 6.97. The summed E-state index contributed by atoms with van der Waals surface area (Å²) in [5, 5.41) is 0.743. The first-order valence-electron chi connectivity index (χ1n) is 6.83. The van der Waals surface area contributed by atoms with Crippen LogP contribution in [-0.4, -0.2) is 16.3 Å². The molecule has 0 aliphatic heterocycles. The Bertz CT molecular complexity index is 319. The Morgan fingerprint density at radius 3 is 2.68 bits per heavy atom. The molecular weight excluding hydrogens is 368 g/mol. The molecule has 1 atom stereocenters. The lowest BCUT2D eigenvalue weighted by molar-refractivity contribution is 0.272. The van der Waals surface area contributed by atoms with Crippen molar-refractivity contribution in [3.05, 3.63) is 37.0 Å². The van der Waals surface area contributed by atoms with Crippen molar-refractivity contribution in [2.24, 2.45) is 0 Å². The zero-order valence-electron chi connectivity index (χ0n) is 11.6. The lowest BCUT2D eigenvalue weighted by Gasteiger charge is -2.23. The minimum absolute atomic E-state index is 0.00712. The average Bonchev–Trinajstić information content (AvgIpc) is 2.43. The van der Waals surface area contributed by atoms with Gasteiger partial charge in [0, 0.05) is 5.25 Å². The number of rotatable bonds is 8. The van der Waals surface area contributed by atoms with E-state index in [0.717, 1.165) is 10.8 Å². The van der Waals surface area contributed by atoms with Gasteiger partial charge in [-0.2, -0.15) is 0 Å². The molecule has 0 aromatic heterocycles. The molecule has 19 heavy (non-hydrogen) atoms. The lowest BCUT2D eigenvalue weighted by atomic mass is 10.0. The van der Waals surface area contributed by atoms with E-state index in [4.69, 9.17) is 4.65 Å². The summed E-state index contributed by atoms with van der Waals surface area (Å²) in [4.78, 5) is 0.00712. The van der Waals surface area contributed by atoms with Crippen molar-refractivity contribution in [1.82, 2.24) is 4.63 Å². The van der Waals surface area contributed by atoms with E-state index in [1.54, 1.807) is 6.08 Å². The summed E-state index contributed by atoms with van der Waals surface area (Å²) in [7, 11) is 0. The highest BCUT2D eigenvalue weighted by Gasteiger charge is 2.20. The molecule has 1 aliphatic rings. The molecule has 0 saturated heterocycles. The lowest BCUT2D eigenvalue weighted by Crippen LogP contribution is -2.32. The molecule has 2 nitrogen and oxygen atoms in total. The Morgan fingerprint density at radius 1 is 1.42 bits per heavy atom. The van der Waals surface area contributed by atoms with E-state index in [0.29, 0.717) is 0 Å². The zero-order chi connectivity index (χ0) is 14.1. The summed E-state index contributed by atoms with van der Waals surface area (Å²) in [6.45, 7) is 9.55. The Morgan fingerprint density at radius 2 is 2.11 bits per heavy atom. The van der Waals surface area contributed by atoms with Crippen molar-refractivity contribution >= 4 is 39.2 Å². The smallest absolute Gasteiger partial charge is 0.406 e. The van der Waals surface area contributed by atoms with Crippen LogP contribution >= 0.6 is 34.3 Å². The van der Waals surface area contributed by atoms with Crippen molar-refractivity contribution in [3.63, 3.8) is 0 Å². The van der Waals surface area contributed by atoms with Gasteiger partial charge in [-0.1, -0.05) is 85.0 Å². The van der Waals surface area contributed by atoms with Crippen molar-refractivity contribution in [1.29, 1.82) is 0 Å². The molecule has 1 aliphatic carbocycles. The highest BCUT2D eigenvalue weighted by molar-refractivity contribution is 14.1. The normalized spacial score (nSPS) is 18.9. The maximum absolute atomic E-state index is 5.91. The molecule has 1 fully saturated rings. The van der Waals surface area contributed by atoms with Gasteiger partial charge in [-0.25, -0.2) is 0 Å². The van der Waals surface area contributed by atoms with Crippen molar-refractivity contribution in [2.75, 3.05) is 0 Å². The molecule has 0 amide bonds. The minimum Gasteiger partial charge on any atom is -0.406 e. The van der Waals surface area contributed by atoms with Crippen LogP contribution in [0.15, 0.2) is 37.0 Å². The molecule has 0 heterocycles. The molecule has 0 radical (unpaired) electrons. The predicted molar refractivity (Wildman–Crippen MR) is 96.4 cm³/mol. The molecular formula is C14H23BINOS. The molecule has 0 spiro atoms. The third-order valence-corrected chi connectivity index (χ3v) is 5.40. The Balaban J connectivity index is 2.29. The van der Waals surface area contributed by atoms with Crippen LogP contribution in [0.1, 0.15) is 39.0 Å². The number of allylic oxidation sites excluding steroid dienone is 2. The van der Waals surface area contributed by atoms with Crippen molar-refractivity contribution in [2.45, 2.75) is 50.4 Å². The van der Waals surface area contributed by atoms with Crippen LogP contribution < -0.4 is 4.63 Å². The SMILES string of the molecule is C=C/C=C(\C=C)C(C)OB(I)NSC1CCCCC1. The third kappa shape index (κ3) is 7.02. The molecule has 0 aromatic carbocycles. The van der Waals surface area contributed by atoms with E-state index in [2.05, 4.69) is 40.2 Å². The molecule has 0 aromatic rings. The van der Waals surface area contributed by atoms with Crippen LogP contribution in [0.25, 0.3) is 0 Å². The van der Waals surface area contributed by atoms with Crippen molar-refractivity contribution in [3.8, 4) is 0 Å². The summed E-state index contributed by atoms with van der Waals surface area (Å²) in [6.07, 6.45) is 12.3. The van der Waals surface area contributed by atoms with Gasteiger partial charge in [0.1, 0.15) is 0 Å². The fourth-order valence-corrected chi connectivity index (χ4v) is 3.93. The van der Waals surface area contributed by atoms with Crippen LogP contribution in [0.4, 0.5) is 0 Å². The van der Waals surface area contributed by atoms with Gasteiger partial charge in [-0.15, -0.1) is 0 Å². The standard InChI is InChI=1S/C14H23BINOS/c1-4-9-13(5-2)12(3)18-15(16)17-19-14-10-7-6-8-11-14/h4-5,9,12,14,17H,1-2,6-8,10-11H2,3H3/b13-9+. The van der Waals surface area contributed by atoms with E-state index in [-0.39, 0.29) is 11.0 Å². The topological polar surface area (TPSA) is 21.3 Å². The number of halogens is 1. The van der Waals surface area contributed by atoms with Crippen LogP contribution in [0.5, 0.6) is 0 Å². The van der Waals surface area contributed by atoms with Crippen LogP contribution in [0.2, 0.25) is 0 Å². The fraction of sp³-hybridized carbons (Fsp3) is 0.571. The second-order valence-electron chi connectivity index (χ2n) is 4.70. The fourth-order valence-electron chi connectivity index (χ4n) is 2.12. The number of hydrogen-bond acceptors (Lipinski definition) is 3. The summed E-state index contributed by atoms with van der Waals surface area (Å²) in [5.74, 6) is 0. The van der Waals surface area contributed by atoms with Crippen LogP contribution in [0.3, 0.4) is 0 Å². The summed E-state index contributed by atoms with van der Waals surface area (Å²) in [5.41, 5.74) is 1.06. The molecule has 106 valence electrons. The van der Waals surface area contributed by atoms with Gasteiger partial charge in [0.25, 0.3) is 0 Å². The van der Waals surface area contributed by atoms with Gasteiger partial charge in [0.15, 0.2) is 0 Å². The minimum atomic E-state index is 0.00712. The van der Waals surface area contributed by atoms with Gasteiger partial charge in [-0.3, -0.25) is 4.63 Å². The second kappa shape index (κ2) is 10.1. The summed E-state index contributed by atoms with van der Waals surface area (Å²) < 4.78 is 9.31. The van der Waals surface area contributed by atoms with Crippen molar-refractivity contribution < 1.29 is 4.65 Å².